The van der Waals surface area contributed by atoms with Crippen LogP contribution in [0.2, 0.25) is 0 Å². The number of likely N-dealkylation sites (N-methyl/N-ethyl adjacent to an activating group) is 1. The topological polar surface area (TPSA) is 84.0 Å². The number of carbonyl (C=O) groups excluding carboxylic acids is 2. The lowest BCUT2D eigenvalue weighted by Crippen LogP contribution is -2.36. The molecule has 0 bridgehead atoms. The number of esters is 1. The summed E-state index contributed by atoms with van der Waals surface area (Å²) in [7, 11) is -2.24. The van der Waals surface area contributed by atoms with E-state index in [0.717, 1.165) is 15.3 Å². The molecule has 0 unspecified atom stereocenters. The van der Waals surface area contributed by atoms with Crippen molar-refractivity contribution < 1.29 is 22.7 Å². The highest BCUT2D eigenvalue weighted by molar-refractivity contribution is 7.93. The summed E-state index contributed by atoms with van der Waals surface area (Å²) in [6, 6.07) is 19.7. The molecule has 1 aliphatic rings. The normalized spacial score (nSPS) is 14.0. The maximum Gasteiger partial charge on any atom is 0.327 e. The van der Waals surface area contributed by atoms with Crippen molar-refractivity contribution in [2.75, 3.05) is 24.5 Å². The highest BCUT2D eigenvalue weighted by Crippen LogP contribution is 2.41. The number of anilines is 1. The summed E-state index contributed by atoms with van der Waals surface area (Å²) in [5, 5.41) is 1.37. The molecule has 1 aliphatic heterocycles. The van der Waals surface area contributed by atoms with E-state index in [1.807, 2.05) is 42.5 Å². The second-order valence-corrected chi connectivity index (χ2v) is 8.87. The molecular weight excluding hydrogens is 404 g/mol. The number of carbonyl (C=O) groups is 2. The fourth-order valence-electron chi connectivity index (χ4n) is 3.49. The van der Waals surface area contributed by atoms with E-state index >= 15 is 0 Å². The third-order valence-corrected chi connectivity index (χ3v) is 6.80. The van der Waals surface area contributed by atoms with E-state index in [9.17, 15) is 18.0 Å². The third kappa shape index (κ3) is 3.61. The van der Waals surface area contributed by atoms with Crippen molar-refractivity contribution in [1.29, 1.82) is 0 Å². The van der Waals surface area contributed by atoms with Gasteiger partial charge in [0, 0.05) is 19.0 Å². The van der Waals surface area contributed by atoms with E-state index in [1.54, 1.807) is 25.2 Å². The predicted molar refractivity (Wildman–Crippen MR) is 112 cm³/mol. The van der Waals surface area contributed by atoms with Crippen LogP contribution in [0.5, 0.6) is 0 Å². The second kappa shape index (κ2) is 7.79. The summed E-state index contributed by atoms with van der Waals surface area (Å²) >= 11 is 0. The van der Waals surface area contributed by atoms with Gasteiger partial charge in [-0.25, -0.2) is 8.42 Å². The first-order valence-electron chi connectivity index (χ1n) is 9.36. The number of rotatable bonds is 6. The van der Waals surface area contributed by atoms with Gasteiger partial charge in [0.2, 0.25) is 0 Å². The zero-order valence-corrected chi connectivity index (χ0v) is 17.1. The van der Waals surface area contributed by atoms with Crippen LogP contribution in [0.1, 0.15) is 5.56 Å². The van der Waals surface area contributed by atoms with Crippen LogP contribution in [0, 0.1) is 0 Å². The van der Waals surface area contributed by atoms with Gasteiger partial charge in [0.05, 0.1) is 10.6 Å². The van der Waals surface area contributed by atoms with Gasteiger partial charge in [-0.1, -0.05) is 54.6 Å². The number of hydrogen-bond acceptors (Lipinski definition) is 5. The van der Waals surface area contributed by atoms with E-state index in [2.05, 4.69) is 0 Å². The Morgan fingerprint density at radius 1 is 0.967 bits per heavy atom. The van der Waals surface area contributed by atoms with Gasteiger partial charge in [0.15, 0.2) is 6.61 Å². The SMILES string of the molecule is CN(Cc1ccccc1)C(=O)COC(=O)CN1c2cccc3cccc(c23)S1(=O)=O. The van der Waals surface area contributed by atoms with Crippen molar-refractivity contribution in [3.8, 4) is 0 Å². The summed E-state index contributed by atoms with van der Waals surface area (Å²) in [5.74, 6) is -1.16. The van der Waals surface area contributed by atoms with Crippen LogP contribution in [0.15, 0.2) is 71.6 Å². The number of ether oxygens (including phenoxy) is 1. The molecule has 7 nitrogen and oxygen atoms in total. The zero-order chi connectivity index (χ0) is 21.3. The molecule has 30 heavy (non-hydrogen) atoms. The van der Waals surface area contributed by atoms with E-state index in [4.69, 9.17) is 4.74 Å². The monoisotopic (exact) mass is 424 g/mol. The average molecular weight is 424 g/mol. The molecule has 0 N–H and O–H groups in total. The Bertz CT molecular complexity index is 1220. The zero-order valence-electron chi connectivity index (χ0n) is 16.3. The largest absolute Gasteiger partial charge is 0.454 e. The van der Waals surface area contributed by atoms with Gasteiger partial charge < -0.3 is 9.64 Å². The number of hydrogen-bond donors (Lipinski definition) is 0. The molecule has 0 saturated carbocycles. The van der Waals surface area contributed by atoms with Crippen LogP contribution >= 0.6 is 0 Å². The minimum Gasteiger partial charge on any atom is -0.454 e. The van der Waals surface area contributed by atoms with Gasteiger partial charge in [-0.15, -0.1) is 0 Å². The molecule has 0 radical (unpaired) electrons. The minimum absolute atomic E-state index is 0.169. The van der Waals surface area contributed by atoms with Crippen LogP contribution in [0.25, 0.3) is 10.8 Å². The van der Waals surface area contributed by atoms with Crippen molar-refractivity contribution in [1.82, 2.24) is 4.90 Å². The van der Waals surface area contributed by atoms with Gasteiger partial charge in [-0.05, 0) is 23.1 Å². The van der Waals surface area contributed by atoms with Gasteiger partial charge in [-0.3, -0.25) is 13.9 Å². The molecule has 0 atom stereocenters. The minimum atomic E-state index is -3.85. The Hall–Kier alpha value is -3.39. The molecule has 0 saturated heterocycles. The molecule has 0 spiro atoms. The van der Waals surface area contributed by atoms with Gasteiger partial charge in [-0.2, -0.15) is 0 Å². The molecule has 0 aromatic heterocycles. The van der Waals surface area contributed by atoms with Crippen molar-refractivity contribution in [3.05, 3.63) is 72.3 Å². The first-order valence-corrected chi connectivity index (χ1v) is 10.8. The molecule has 8 heteroatoms. The van der Waals surface area contributed by atoms with Gasteiger partial charge in [0.1, 0.15) is 6.54 Å². The fourth-order valence-corrected chi connectivity index (χ4v) is 5.14. The van der Waals surface area contributed by atoms with Crippen molar-refractivity contribution in [3.63, 3.8) is 0 Å². The second-order valence-electron chi connectivity index (χ2n) is 7.04. The van der Waals surface area contributed by atoms with Gasteiger partial charge >= 0.3 is 5.97 Å². The number of sulfonamides is 1. The fraction of sp³-hybridized carbons (Fsp3) is 0.182. The smallest absolute Gasteiger partial charge is 0.327 e. The van der Waals surface area contributed by atoms with Crippen LogP contribution in [-0.2, 0) is 30.9 Å². The Balaban J connectivity index is 1.41. The summed E-state index contributed by atoms with van der Waals surface area (Å²) in [4.78, 5) is 26.2. The van der Waals surface area contributed by atoms with Crippen LogP contribution < -0.4 is 4.31 Å². The standard InChI is InChI=1S/C22H20N2O5S/c1-23(13-16-7-3-2-4-8-16)20(25)15-29-21(26)14-24-18-11-5-9-17-10-6-12-19(22(17)18)30(24,27)28/h2-12H,13-15H2,1H3. The first-order chi connectivity index (χ1) is 14.4. The van der Waals surface area contributed by atoms with Crippen LogP contribution in [0.3, 0.4) is 0 Å². The van der Waals surface area contributed by atoms with Crippen LogP contribution in [-0.4, -0.2) is 45.4 Å². The van der Waals surface area contributed by atoms with Crippen molar-refractivity contribution in [2.45, 2.75) is 11.4 Å². The lowest BCUT2D eigenvalue weighted by molar-refractivity contribution is -0.150. The van der Waals surface area contributed by atoms with Crippen LogP contribution in [0.4, 0.5) is 5.69 Å². The number of benzene rings is 3. The van der Waals surface area contributed by atoms with E-state index in [0.29, 0.717) is 17.6 Å². The van der Waals surface area contributed by atoms with E-state index in [1.165, 1.54) is 11.0 Å². The Morgan fingerprint density at radius 3 is 2.40 bits per heavy atom. The third-order valence-electron chi connectivity index (χ3n) is 5.00. The number of amides is 1. The summed E-state index contributed by atoms with van der Waals surface area (Å²) in [6.07, 6.45) is 0. The summed E-state index contributed by atoms with van der Waals surface area (Å²) in [5.41, 5.74) is 1.39. The maximum atomic E-state index is 12.9. The average Bonchev–Trinajstić information content (AvgIpc) is 2.96. The molecule has 4 rings (SSSR count). The van der Waals surface area contributed by atoms with Gasteiger partial charge in [0.25, 0.3) is 15.9 Å². The van der Waals surface area contributed by atoms with E-state index < -0.39 is 29.1 Å². The Labute approximate surface area is 174 Å². The van der Waals surface area contributed by atoms with Crippen molar-refractivity contribution >= 4 is 38.4 Å². The molecule has 1 amide bonds. The highest BCUT2D eigenvalue weighted by atomic mass is 32.2. The molecule has 0 aliphatic carbocycles. The number of nitrogens with zero attached hydrogens (tertiary/aromatic N) is 2. The summed E-state index contributed by atoms with van der Waals surface area (Å²) in [6.45, 7) is -0.561. The summed E-state index contributed by atoms with van der Waals surface area (Å²) < 4.78 is 31.9. The molecule has 3 aromatic carbocycles. The maximum absolute atomic E-state index is 12.9. The van der Waals surface area contributed by atoms with E-state index in [-0.39, 0.29) is 10.8 Å². The molecule has 3 aromatic rings. The Morgan fingerprint density at radius 2 is 1.67 bits per heavy atom. The molecular formula is C22H20N2O5S. The molecule has 0 fully saturated rings. The lowest BCUT2D eigenvalue weighted by Gasteiger charge is -2.19. The lowest BCUT2D eigenvalue weighted by atomic mass is 10.1. The molecule has 1 heterocycles. The highest BCUT2D eigenvalue weighted by Gasteiger charge is 2.37. The van der Waals surface area contributed by atoms with Crippen molar-refractivity contribution in [2.24, 2.45) is 0 Å². The Kier molecular flexibility index (Phi) is 5.17. The predicted octanol–water partition coefficient (Wildman–Crippen LogP) is 2.55. The quantitative estimate of drug-likeness (QED) is 0.568. The molecule has 154 valence electrons. The first kappa shape index (κ1) is 19.9.